The molecular weight excluding hydrogens is 270 g/mol. The lowest BCUT2D eigenvalue weighted by molar-refractivity contribution is 0.0373. The maximum atomic E-state index is 12.7. The molecule has 0 radical (unpaired) electrons. The smallest absolute Gasteiger partial charge is 0.176 e. The summed E-state index contributed by atoms with van der Waals surface area (Å²) in [7, 11) is 0. The van der Waals surface area contributed by atoms with Gasteiger partial charge in [-0.3, -0.25) is 9.69 Å². The van der Waals surface area contributed by atoms with Crippen molar-refractivity contribution in [2.75, 3.05) is 6.54 Å². The molecule has 2 aromatic rings. The summed E-state index contributed by atoms with van der Waals surface area (Å²) in [4.78, 5) is 15.0. The van der Waals surface area contributed by atoms with Crippen LogP contribution < -0.4 is 0 Å². The fourth-order valence-electron chi connectivity index (χ4n) is 3.79. The first-order chi connectivity index (χ1) is 10.3. The zero-order valence-electron chi connectivity index (χ0n) is 13.8. The van der Waals surface area contributed by atoms with Gasteiger partial charge in [-0.1, -0.05) is 54.6 Å². The molecule has 2 nitrogen and oxygen atoms in total. The molecule has 0 saturated carbocycles. The van der Waals surface area contributed by atoms with E-state index < -0.39 is 0 Å². The first kappa shape index (κ1) is 15.0. The zero-order valence-corrected chi connectivity index (χ0v) is 13.8. The van der Waals surface area contributed by atoms with Gasteiger partial charge in [-0.25, -0.2) is 0 Å². The number of carbonyl (C=O) groups excluding carboxylic acids is 1. The van der Waals surface area contributed by atoms with Gasteiger partial charge < -0.3 is 0 Å². The molecule has 1 aliphatic heterocycles. The summed E-state index contributed by atoms with van der Waals surface area (Å²) in [6, 6.07) is 18.1. The van der Waals surface area contributed by atoms with Crippen molar-refractivity contribution in [3.05, 3.63) is 71.3 Å². The minimum Gasteiger partial charge on any atom is -0.293 e. The minimum atomic E-state index is -0.148. The molecule has 0 fully saturated rings. The predicted octanol–water partition coefficient (Wildman–Crippen LogP) is 4.36. The van der Waals surface area contributed by atoms with Crippen molar-refractivity contribution >= 4 is 5.78 Å². The second-order valence-corrected chi connectivity index (χ2v) is 7.04. The van der Waals surface area contributed by atoms with Crippen molar-refractivity contribution in [2.24, 2.45) is 0 Å². The Balaban J connectivity index is 1.97. The Morgan fingerprint density at radius 1 is 0.818 bits per heavy atom. The molecule has 114 valence electrons. The maximum Gasteiger partial charge on any atom is 0.176 e. The van der Waals surface area contributed by atoms with Crippen LogP contribution in [0.3, 0.4) is 0 Å². The third-order valence-corrected chi connectivity index (χ3v) is 4.99. The third-order valence-electron chi connectivity index (χ3n) is 4.99. The first-order valence-corrected chi connectivity index (χ1v) is 7.81. The zero-order chi connectivity index (χ0) is 16.0. The first-order valence-electron chi connectivity index (χ1n) is 7.81. The van der Waals surface area contributed by atoms with Crippen molar-refractivity contribution in [3.8, 4) is 0 Å². The second kappa shape index (κ2) is 5.06. The number of carbonyl (C=O) groups is 1. The molecule has 0 atom stereocenters. The lowest BCUT2D eigenvalue weighted by atomic mass is 9.91. The van der Waals surface area contributed by atoms with Crippen molar-refractivity contribution in [2.45, 2.75) is 38.8 Å². The van der Waals surface area contributed by atoms with E-state index in [1.54, 1.807) is 0 Å². The Morgan fingerprint density at radius 2 is 1.27 bits per heavy atom. The van der Waals surface area contributed by atoms with E-state index in [0.717, 1.165) is 5.56 Å². The Hall–Kier alpha value is -1.93. The summed E-state index contributed by atoms with van der Waals surface area (Å²) in [5.41, 5.74) is 3.13. The molecule has 3 rings (SSSR count). The van der Waals surface area contributed by atoms with Crippen LogP contribution in [0.15, 0.2) is 54.6 Å². The molecular formula is C20H23NO. The predicted molar refractivity (Wildman–Crippen MR) is 90.0 cm³/mol. The normalized spacial score (nSPS) is 18.9. The second-order valence-electron chi connectivity index (χ2n) is 7.04. The number of hydrogen-bond donors (Lipinski definition) is 0. The summed E-state index contributed by atoms with van der Waals surface area (Å²) < 4.78 is 0. The summed E-state index contributed by atoms with van der Waals surface area (Å²) in [5, 5.41) is 0. The quantitative estimate of drug-likeness (QED) is 0.784. The number of benzene rings is 2. The molecule has 22 heavy (non-hydrogen) atoms. The van der Waals surface area contributed by atoms with E-state index in [2.05, 4.69) is 56.9 Å². The summed E-state index contributed by atoms with van der Waals surface area (Å²) in [6.07, 6.45) is 0. The van der Waals surface area contributed by atoms with Crippen LogP contribution in [0.5, 0.6) is 0 Å². The number of nitrogens with zero attached hydrogens (tertiary/aromatic N) is 1. The number of fused-ring (bicyclic) bond motifs is 1. The minimum absolute atomic E-state index is 0.148. The van der Waals surface area contributed by atoms with Gasteiger partial charge in [-0.05, 0) is 38.8 Å². The number of hydrogen-bond acceptors (Lipinski definition) is 2. The van der Waals surface area contributed by atoms with Crippen LogP contribution in [0.1, 0.15) is 49.2 Å². The van der Waals surface area contributed by atoms with Crippen LogP contribution in [-0.4, -0.2) is 17.2 Å². The molecule has 0 aliphatic carbocycles. The van der Waals surface area contributed by atoms with Crippen molar-refractivity contribution in [3.63, 3.8) is 0 Å². The summed E-state index contributed by atoms with van der Waals surface area (Å²) in [5.74, 6) is 0.176. The highest BCUT2D eigenvalue weighted by molar-refractivity contribution is 5.97. The SMILES string of the molecule is CC1(C)c2ccccc2C(C)(C)N1CC(=O)c1ccccc1. The maximum absolute atomic E-state index is 12.7. The Kier molecular flexibility index (Phi) is 3.45. The highest BCUT2D eigenvalue weighted by Gasteiger charge is 2.49. The molecule has 0 saturated heterocycles. The standard InChI is InChI=1S/C20H23NO/c1-19(2)16-12-8-9-13-17(16)20(3,4)21(19)14-18(22)15-10-6-5-7-11-15/h5-13H,14H2,1-4H3. The lowest BCUT2D eigenvalue weighted by Crippen LogP contribution is -2.48. The molecule has 0 bridgehead atoms. The Morgan fingerprint density at radius 3 is 1.77 bits per heavy atom. The molecule has 0 N–H and O–H groups in total. The largest absolute Gasteiger partial charge is 0.293 e. The monoisotopic (exact) mass is 293 g/mol. The van der Waals surface area contributed by atoms with Crippen molar-refractivity contribution in [1.29, 1.82) is 0 Å². The molecule has 2 aromatic carbocycles. The summed E-state index contributed by atoms with van der Waals surface area (Å²) >= 11 is 0. The third kappa shape index (κ3) is 2.19. The van der Waals surface area contributed by atoms with E-state index in [9.17, 15) is 4.79 Å². The van der Waals surface area contributed by atoms with Crippen LogP contribution in [0.2, 0.25) is 0 Å². The number of Topliss-reactive ketones (excluding diaryl/α,β-unsaturated/α-hetero) is 1. The van der Waals surface area contributed by atoms with Gasteiger partial charge in [0, 0.05) is 16.6 Å². The van der Waals surface area contributed by atoms with Crippen LogP contribution in [0, 0.1) is 0 Å². The van der Waals surface area contributed by atoms with E-state index >= 15 is 0 Å². The topological polar surface area (TPSA) is 20.3 Å². The van der Waals surface area contributed by atoms with E-state index in [0.29, 0.717) is 6.54 Å². The average molecular weight is 293 g/mol. The Labute approximate surface area is 132 Å². The van der Waals surface area contributed by atoms with E-state index in [1.165, 1.54) is 11.1 Å². The average Bonchev–Trinajstić information content (AvgIpc) is 2.66. The number of ketones is 1. The highest BCUT2D eigenvalue weighted by Crippen LogP contribution is 2.48. The van der Waals surface area contributed by atoms with E-state index in [4.69, 9.17) is 0 Å². The van der Waals surface area contributed by atoms with Crippen LogP contribution in [0.4, 0.5) is 0 Å². The summed E-state index contributed by atoms with van der Waals surface area (Å²) in [6.45, 7) is 9.26. The fourth-order valence-corrected chi connectivity index (χ4v) is 3.79. The van der Waals surface area contributed by atoms with Gasteiger partial charge in [0.2, 0.25) is 0 Å². The van der Waals surface area contributed by atoms with Crippen molar-refractivity contribution < 1.29 is 4.79 Å². The number of rotatable bonds is 3. The molecule has 2 heteroatoms. The van der Waals surface area contributed by atoms with Crippen LogP contribution in [0.25, 0.3) is 0 Å². The van der Waals surface area contributed by atoms with Crippen LogP contribution >= 0.6 is 0 Å². The Bertz CT molecular complexity index is 666. The highest BCUT2D eigenvalue weighted by atomic mass is 16.1. The van der Waals surface area contributed by atoms with E-state index in [-0.39, 0.29) is 16.9 Å². The van der Waals surface area contributed by atoms with Gasteiger partial charge in [0.25, 0.3) is 0 Å². The molecule has 0 aromatic heterocycles. The van der Waals surface area contributed by atoms with Gasteiger partial charge in [-0.2, -0.15) is 0 Å². The molecule has 0 amide bonds. The van der Waals surface area contributed by atoms with E-state index in [1.807, 2.05) is 30.3 Å². The van der Waals surface area contributed by atoms with Gasteiger partial charge in [-0.15, -0.1) is 0 Å². The molecule has 0 unspecified atom stereocenters. The fraction of sp³-hybridized carbons (Fsp3) is 0.350. The van der Waals surface area contributed by atoms with Gasteiger partial charge in [0.05, 0.1) is 6.54 Å². The molecule has 0 spiro atoms. The van der Waals surface area contributed by atoms with Gasteiger partial charge in [0.15, 0.2) is 5.78 Å². The van der Waals surface area contributed by atoms with Crippen LogP contribution in [-0.2, 0) is 11.1 Å². The van der Waals surface area contributed by atoms with Crippen molar-refractivity contribution in [1.82, 2.24) is 4.90 Å². The molecule has 1 aliphatic rings. The van der Waals surface area contributed by atoms with Gasteiger partial charge >= 0.3 is 0 Å². The lowest BCUT2D eigenvalue weighted by Gasteiger charge is -2.40. The molecule has 1 heterocycles. The van der Waals surface area contributed by atoms with Gasteiger partial charge in [0.1, 0.15) is 0 Å².